The van der Waals surface area contributed by atoms with Crippen molar-refractivity contribution in [2.75, 3.05) is 0 Å². The molecular formula is C17H14INO3. The number of aromatic nitrogens is 1. The molecule has 0 unspecified atom stereocenters. The molecule has 0 saturated heterocycles. The second-order valence-corrected chi connectivity index (χ2v) is 6.05. The van der Waals surface area contributed by atoms with Crippen molar-refractivity contribution in [3.63, 3.8) is 0 Å². The number of rotatable bonds is 4. The van der Waals surface area contributed by atoms with Gasteiger partial charge in [0.15, 0.2) is 5.76 Å². The topological polar surface area (TPSA) is 44.4 Å². The van der Waals surface area contributed by atoms with E-state index in [0.29, 0.717) is 12.4 Å². The molecule has 0 aliphatic carbocycles. The van der Waals surface area contributed by atoms with Crippen LogP contribution < -0.4 is 10.5 Å². The van der Waals surface area contributed by atoms with Crippen molar-refractivity contribution in [3.05, 3.63) is 74.4 Å². The summed E-state index contributed by atoms with van der Waals surface area (Å²) in [5, 5.41) is 0. The summed E-state index contributed by atoms with van der Waals surface area (Å²) in [5.74, 6) is 0.933. The van der Waals surface area contributed by atoms with Crippen LogP contribution in [-0.2, 0) is 13.7 Å². The average Bonchev–Trinajstić information content (AvgIpc) is 2.87. The minimum Gasteiger partial charge on any atom is -0.488 e. The van der Waals surface area contributed by atoms with E-state index < -0.39 is 0 Å². The molecular weight excluding hydrogens is 393 g/mol. The van der Waals surface area contributed by atoms with Crippen LogP contribution >= 0.6 is 22.6 Å². The molecule has 0 bridgehead atoms. The third kappa shape index (κ3) is 3.24. The molecule has 0 aliphatic rings. The zero-order valence-electron chi connectivity index (χ0n) is 12.0. The Balaban J connectivity index is 1.85. The Kier molecular flexibility index (Phi) is 4.33. The van der Waals surface area contributed by atoms with Gasteiger partial charge >= 0.3 is 5.76 Å². The van der Waals surface area contributed by atoms with E-state index in [9.17, 15) is 4.79 Å². The summed E-state index contributed by atoms with van der Waals surface area (Å²) >= 11 is 2.23. The molecule has 3 aromatic rings. The maximum Gasteiger partial charge on any atom is 0.419 e. The molecule has 1 aromatic heterocycles. The highest BCUT2D eigenvalue weighted by atomic mass is 127. The molecule has 112 valence electrons. The van der Waals surface area contributed by atoms with Crippen LogP contribution in [0.3, 0.4) is 0 Å². The monoisotopic (exact) mass is 407 g/mol. The van der Waals surface area contributed by atoms with Gasteiger partial charge in [0, 0.05) is 12.6 Å². The average molecular weight is 407 g/mol. The minimum absolute atomic E-state index is 0.375. The van der Waals surface area contributed by atoms with E-state index in [1.165, 1.54) is 4.57 Å². The number of hydrogen-bond acceptors (Lipinski definition) is 3. The first-order valence-corrected chi connectivity index (χ1v) is 7.84. The first kappa shape index (κ1) is 14.9. The summed E-state index contributed by atoms with van der Waals surface area (Å²) in [7, 11) is 1.66. The first-order chi connectivity index (χ1) is 10.6. The lowest BCUT2D eigenvalue weighted by Crippen LogP contribution is -2.06. The minimum atomic E-state index is -0.375. The van der Waals surface area contributed by atoms with Gasteiger partial charge in [0.05, 0.1) is 9.77 Å². The molecule has 0 atom stereocenters. The number of ether oxygens (including phenoxy) is 1. The normalized spacial score (nSPS) is 10.6. The predicted octanol–water partition coefficient (Wildman–Crippen LogP) is 3.83. The molecule has 22 heavy (non-hydrogen) atoms. The van der Waals surface area contributed by atoms with Gasteiger partial charge in [0.1, 0.15) is 12.4 Å². The van der Waals surface area contributed by atoms with Gasteiger partial charge in [0.25, 0.3) is 0 Å². The zero-order chi connectivity index (χ0) is 15.5. The Hall–Kier alpha value is -2.02. The Morgan fingerprint density at radius 1 is 1.18 bits per heavy atom. The van der Waals surface area contributed by atoms with Crippen molar-refractivity contribution in [1.82, 2.24) is 4.57 Å². The van der Waals surface area contributed by atoms with Crippen LogP contribution in [0.4, 0.5) is 0 Å². The molecule has 0 N–H and O–H groups in total. The predicted molar refractivity (Wildman–Crippen MR) is 92.9 cm³/mol. The Bertz CT molecular complexity index is 837. The van der Waals surface area contributed by atoms with Crippen molar-refractivity contribution in [2.24, 2.45) is 7.05 Å². The lowest BCUT2D eigenvalue weighted by Gasteiger charge is -2.09. The van der Waals surface area contributed by atoms with Crippen molar-refractivity contribution in [3.8, 4) is 17.1 Å². The fourth-order valence-electron chi connectivity index (χ4n) is 2.06. The van der Waals surface area contributed by atoms with Gasteiger partial charge in [-0.3, -0.25) is 4.57 Å². The smallest absolute Gasteiger partial charge is 0.419 e. The summed E-state index contributed by atoms with van der Waals surface area (Å²) in [6.07, 6.45) is 1.67. The molecule has 4 nitrogen and oxygen atoms in total. The van der Waals surface area contributed by atoms with Crippen molar-refractivity contribution in [1.29, 1.82) is 0 Å². The Morgan fingerprint density at radius 3 is 2.64 bits per heavy atom. The van der Waals surface area contributed by atoms with Crippen LogP contribution in [0, 0.1) is 3.57 Å². The highest BCUT2D eigenvalue weighted by Gasteiger charge is 2.09. The van der Waals surface area contributed by atoms with Crippen molar-refractivity contribution >= 4 is 22.6 Å². The van der Waals surface area contributed by atoms with Crippen LogP contribution in [0.15, 0.2) is 63.9 Å². The van der Waals surface area contributed by atoms with Crippen LogP contribution in [0.2, 0.25) is 0 Å². The number of hydrogen-bond donors (Lipinski definition) is 0. The van der Waals surface area contributed by atoms with Crippen LogP contribution in [0.5, 0.6) is 5.75 Å². The molecule has 5 heteroatoms. The largest absolute Gasteiger partial charge is 0.488 e. The van der Waals surface area contributed by atoms with E-state index in [-0.39, 0.29) is 5.76 Å². The van der Waals surface area contributed by atoms with Crippen LogP contribution in [0.25, 0.3) is 11.3 Å². The molecule has 0 aliphatic heterocycles. The fraction of sp³-hybridized carbons (Fsp3) is 0.118. The van der Waals surface area contributed by atoms with Crippen LogP contribution in [0.1, 0.15) is 5.56 Å². The summed E-state index contributed by atoms with van der Waals surface area (Å²) in [6.45, 7) is 0.499. The van der Waals surface area contributed by atoms with Gasteiger partial charge in [-0.25, -0.2) is 4.79 Å². The second-order valence-electron chi connectivity index (χ2n) is 4.89. The summed E-state index contributed by atoms with van der Waals surface area (Å²) in [4.78, 5) is 11.4. The van der Waals surface area contributed by atoms with Gasteiger partial charge in [0.2, 0.25) is 0 Å². The second kappa shape index (κ2) is 6.39. The summed E-state index contributed by atoms with van der Waals surface area (Å²) in [6, 6.07) is 15.7. The Morgan fingerprint density at radius 2 is 1.95 bits per heavy atom. The fourth-order valence-corrected chi connectivity index (χ4v) is 2.55. The van der Waals surface area contributed by atoms with E-state index in [1.807, 2.05) is 48.5 Å². The molecule has 3 rings (SSSR count). The summed E-state index contributed by atoms with van der Waals surface area (Å²) in [5.41, 5.74) is 1.93. The standard InChI is InChI=1S/C17H14INO3/c1-19-10-16(22-17(19)20)13-7-8-14(18)15(9-13)21-11-12-5-3-2-4-6-12/h2-10H,11H2,1H3. The van der Waals surface area contributed by atoms with Crippen molar-refractivity contribution in [2.45, 2.75) is 6.61 Å². The SMILES string of the molecule is Cn1cc(-c2ccc(I)c(OCc3ccccc3)c2)oc1=O. The number of nitrogens with zero attached hydrogens (tertiary/aromatic N) is 1. The third-order valence-electron chi connectivity index (χ3n) is 3.25. The Labute approximate surface area is 141 Å². The molecule has 0 spiro atoms. The van der Waals surface area contributed by atoms with Gasteiger partial charge in [-0.1, -0.05) is 30.3 Å². The van der Waals surface area contributed by atoms with E-state index in [1.54, 1.807) is 13.2 Å². The molecule has 0 amide bonds. The first-order valence-electron chi connectivity index (χ1n) is 6.76. The molecule has 0 fully saturated rings. The van der Waals surface area contributed by atoms with Crippen LogP contribution in [-0.4, -0.2) is 4.57 Å². The van der Waals surface area contributed by atoms with Gasteiger partial charge < -0.3 is 9.15 Å². The van der Waals surface area contributed by atoms with E-state index >= 15 is 0 Å². The number of aryl methyl sites for hydroxylation is 1. The van der Waals surface area contributed by atoms with E-state index in [2.05, 4.69) is 22.6 Å². The molecule has 2 aromatic carbocycles. The quantitative estimate of drug-likeness (QED) is 0.618. The molecule has 0 saturated carbocycles. The maximum atomic E-state index is 11.4. The summed E-state index contributed by atoms with van der Waals surface area (Å²) < 4.78 is 13.5. The van der Waals surface area contributed by atoms with Gasteiger partial charge in [-0.05, 0) is 46.4 Å². The number of oxazole rings is 1. The zero-order valence-corrected chi connectivity index (χ0v) is 14.1. The van der Waals surface area contributed by atoms with Gasteiger partial charge in [-0.15, -0.1) is 0 Å². The number of halogens is 1. The highest BCUT2D eigenvalue weighted by molar-refractivity contribution is 14.1. The van der Waals surface area contributed by atoms with E-state index in [4.69, 9.17) is 9.15 Å². The van der Waals surface area contributed by atoms with Crippen molar-refractivity contribution < 1.29 is 9.15 Å². The van der Waals surface area contributed by atoms with Gasteiger partial charge in [-0.2, -0.15) is 0 Å². The number of benzene rings is 2. The van der Waals surface area contributed by atoms with E-state index in [0.717, 1.165) is 20.4 Å². The lowest BCUT2D eigenvalue weighted by molar-refractivity contribution is 0.304. The molecule has 0 radical (unpaired) electrons. The molecule has 1 heterocycles. The maximum absolute atomic E-state index is 11.4. The third-order valence-corrected chi connectivity index (χ3v) is 4.14. The lowest BCUT2D eigenvalue weighted by atomic mass is 10.2. The highest BCUT2D eigenvalue weighted by Crippen LogP contribution is 2.28.